The zero-order chi connectivity index (χ0) is 15.7. The van der Waals surface area contributed by atoms with Crippen LogP contribution in [-0.2, 0) is 4.74 Å². The summed E-state index contributed by atoms with van der Waals surface area (Å²) in [5.41, 5.74) is 0.826. The van der Waals surface area contributed by atoms with Crippen molar-refractivity contribution in [1.82, 2.24) is 0 Å². The van der Waals surface area contributed by atoms with Gasteiger partial charge in [0.15, 0.2) is 6.10 Å². The first-order valence-electron chi connectivity index (χ1n) is 9.20. The van der Waals surface area contributed by atoms with Crippen molar-refractivity contribution in [3.63, 3.8) is 0 Å². The molecule has 0 amide bonds. The van der Waals surface area contributed by atoms with Crippen LogP contribution < -0.4 is 0 Å². The summed E-state index contributed by atoms with van der Waals surface area (Å²) in [6.07, 6.45) is 11.2. The number of carbonyl (C=O) groups excluding carboxylic acids is 1. The predicted octanol–water partition coefficient (Wildman–Crippen LogP) is 5.14. The zero-order valence-electron chi connectivity index (χ0n) is 14.4. The maximum absolute atomic E-state index is 10.4. The summed E-state index contributed by atoms with van der Waals surface area (Å²) in [7, 11) is -0.185. The fraction of sp³-hybridized carbons (Fsp3) is 0.842. The van der Waals surface area contributed by atoms with E-state index in [-0.39, 0.29) is 14.0 Å². The molecule has 0 aromatic heterocycles. The molecule has 2 saturated carbocycles. The molecule has 124 valence electrons. The number of hydrogen-bond donors (Lipinski definition) is 0. The predicted molar refractivity (Wildman–Crippen MR) is 95.2 cm³/mol. The monoisotopic (exact) mass is 323 g/mol. The molecule has 1 heterocycles. The molecule has 2 aliphatic carbocycles. The molecule has 0 saturated heterocycles. The molecule has 3 heteroatoms. The Balaban J connectivity index is 1.55. The van der Waals surface area contributed by atoms with Gasteiger partial charge in [0.05, 0.1) is 0 Å². The quantitative estimate of drug-likeness (QED) is 0.400. The summed E-state index contributed by atoms with van der Waals surface area (Å²) in [5, 5.41) is 0. The summed E-state index contributed by atoms with van der Waals surface area (Å²) in [6, 6.07) is 0. The van der Waals surface area contributed by atoms with Crippen LogP contribution in [0.5, 0.6) is 0 Å². The highest BCUT2D eigenvalue weighted by Crippen LogP contribution is 2.57. The lowest BCUT2D eigenvalue weighted by atomic mass is 9.75. The van der Waals surface area contributed by atoms with E-state index in [0.29, 0.717) is 17.8 Å². The van der Waals surface area contributed by atoms with Crippen molar-refractivity contribution >= 4 is 13.9 Å². The third kappa shape index (κ3) is 3.58. The summed E-state index contributed by atoms with van der Waals surface area (Å²) in [5.74, 6) is 5.49. The molecule has 0 aromatic rings. The van der Waals surface area contributed by atoms with Crippen molar-refractivity contribution in [1.29, 1.82) is 0 Å². The Morgan fingerprint density at radius 1 is 1.27 bits per heavy atom. The van der Waals surface area contributed by atoms with Gasteiger partial charge in [0, 0.05) is 12.3 Å². The van der Waals surface area contributed by atoms with Gasteiger partial charge in [-0.05, 0) is 49.1 Å². The van der Waals surface area contributed by atoms with Crippen molar-refractivity contribution < 1.29 is 9.53 Å². The molecule has 22 heavy (non-hydrogen) atoms. The summed E-state index contributed by atoms with van der Waals surface area (Å²) >= 11 is 0. The highest BCUT2D eigenvalue weighted by Gasteiger charge is 2.41. The Morgan fingerprint density at radius 3 is 2.86 bits per heavy atom. The van der Waals surface area contributed by atoms with Crippen LogP contribution in [0.25, 0.3) is 0 Å². The molecule has 0 spiro atoms. The molecule has 1 N–H and O–H groups in total. The SMILES string of the molecule is CC(C)[C@H]1CC[C@H](C)C[C@@H]1OC(=[OH+])CP1C=C[C@H]2CCC[C@H]21. The van der Waals surface area contributed by atoms with E-state index in [1.165, 1.54) is 32.1 Å². The molecule has 1 aliphatic heterocycles. The fourth-order valence-electron chi connectivity index (χ4n) is 4.73. The van der Waals surface area contributed by atoms with Crippen LogP contribution in [0.3, 0.4) is 0 Å². The second-order valence-corrected chi connectivity index (χ2v) is 10.4. The molecule has 0 radical (unpaired) electrons. The van der Waals surface area contributed by atoms with Gasteiger partial charge in [-0.25, -0.2) is 0 Å². The first-order valence-corrected chi connectivity index (χ1v) is 10.9. The first-order chi connectivity index (χ1) is 10.5. The summed E-state index contributed by atoms with van der Waals surface area (Å²) in [6.45, 7) is 6.90. The van der Waals surface area contributed by atoms with E-state index < -0.39 is 0 Å². The van der Waals surface area contributed by atoms with Crippen molar-refractivity contribution in [2.24, 2.45) is 23.7 Å². The van der Waals surface area contributed by atoms with E-state index in [9.17, 15) is 4.79 Å². The van der Waals surface area contributed by atoms with E-state index in [1.807, 2.05) is 0 Å². The lowest BCUT2D eigenvalue weighted by Crippen LogP contribution is -2.36. The highest BCUT2D eigenvalue weighted by atomic mass is 31.1. The Bertz CT molecular complexity index is 431. The van der Waals surface area contributed by atoms with Gasteiger partial charge in [0.25, 0.3) is 0 Å². The van der Waals surface area contributed by atoms with E-state index in [2.05, 4.69) is 32.7 Å². The Hall–Kier alpha value is -0.360. The standard InChI is InChI=1S/C19H31O2P/c1-13(2)16-8-7-14(3)11-17(16)21-19(20)12-22-10-9-15-5-4-6-18(15)22/h9-10,13-18H,4-8,11-12H2,1-3H3/p+1/t14-,15+,16+,17-,18+,22?/m0/s1. The Morgan fingerprint density at radius 2 is 2.09 bits per heavy atom. The van der Waals surface area contributed by atoms with E-state index in [1.54, 1.807) is 0 Å². The number of rotatable bonds is 4. The number of allylic oxidation sites excluding steroid dienone is 1. The number of hydrogen-bond acceptors (Lipinski definition) is 1. The smallest absolute Gasteiger partial charge is 0.339 e. The topological polar surface area (TPSA) is 30.6 Å². The van der Waals surface area contributed by atoms with Crippen LogP contribution >= 0.6 is 7.92 Å². The van der Waals surface area contributed by atoms with Crippen molar-refractivity contribution in [2.75, 3.05) is 6.16 Å². The molecule has 2 nitrogen and oxygen atoms in total. The molecular weight excluding hydrogens is 291 g/mol. The summed E-state index contributed by atoms with van der Waals surface area (Å²) in [4.78, 5) is 10.4. The second kappa shape index (κ2) is 7.04. The van der Waals surface area contributed by atoms with Gasteiger partial charge in [0.1, 0.15) is 6.16 Å². The molecule has 0 aromatic carbocycles. The molecule has 0 bridgehead atoms. The Kier molecular flexibility index (Phi) is 5.28. The number of esters is 1. The second-order valence-electron chi connectivity index (χ2n) is 8.05. The maximum Gasteiger partial charge on any atom is 0.487 e. The van der Waals surface area contributed by atoms with Crippen LogP contribution in [0.15, 0.2) is 11.9 Å². The average Bonchev–Trinajstić information content (AvgIpc) is 3.03. The minimum atomic E-state index is -0.185. The highest BCUT2D eigenvalue weighted by molar-refractivity contribution is 7.62. The molecule has 2 fully saturated rings. The van der Waals surface area contributed by atoms with Crippen LogP contribution in [0.4, 0.5) is 0 Å². The van der Waals surface area contributed by atoms with Gasteiger partial charge >= 0.3 is 5.97 Å². The fourth-order valence-corrected chi connectivity index (χ4v) is 7.37. The van der Waals surface area contributed by atoms with Gasteiger partial charge < -0.3 is 9.53 Å². The molecule has 3 aliphatic rings. The van der Waals surface area contributed by atoms with Gasteiger partial charge in [0.2, 0.25) is 0 Å². The van der Waals surface area contributed by atoms with Crippen LogP contribution in [0, 0.1) is 23.7 Å². The molecule has 1 unspecified atom stereocenters. The third-order valence-electron chi connectivity index (χ3n) is 6.05. The van der Waals surface area contributed by atoms with Crippen LogP contribution in [0.2, 0.25) is 0 Å². The van der Waals surface area contributed by atoms with Gasteiger partial charge in [-0.15, -0.1) is 0 Å². The van der Waals surface area contributed by atoms with Gasteiger partial charge in [-0.2, -0.15) is 0 Å². The zero-order valence-corrected chi connectivity index (χ0v) is 15.3. The number of ether oxygens (including phenoxy) is 1. The van der Waals surface area contributed by atoms with E-state index in [4.69, 9.17) is 4.74 Å². The van der Waals surface area contributed by atoms with E-state index in [0.717, 1.165) is 30.1 Å². The minimum Gasteiger partial charge on any atom is -0.339 e. The lowest BCUT2D eigenvalue weighted by molar-refractivity contribution is 0.0296. The lowest BCUT2D eigenvalue weighted by Gasteiger charge is -2.32. The Labute approximate surface area is 136 Å². The number of fused-ring (bicyclic) bond motifs is 1. The van der Waals surface area contributed by atoms with Gasteiger partial charge in [-0.1, -0.05) is 47.0 Å². The maximum atomic E-state index is 10.4. The normalized spacial score (nSPS) is 40.9. The average molecular weight is 323 g/mol. The van der Waals surface area contributed by atoms with Crippen LogP contribution in [0.1, 0.15) is 59.3 Å². The minimum absolute atomic E-state index is 0.185. The van der Waals surface area contributed by atoms with Crippen molar-refractivity contribution in [3.05, 3.63) is 11.9 Å². The molecule has 6 atom stereocenters. The molecular formula is C19H32O2P+. The first kappa shape index (κ1) is 16.5. The third-order valence-corrected chi connectivity index (χ3v) is 8.73. The van der Waals surface area contributed by atoms with Gasteiger partial charge in [-0.3, -0.25) is 0 Å². The van der Waals surface area contributed by atoms with Crippen LogP contribution in [-0.4, -0.2) is 28.7 Å². The van der Waals surface area contributed by atoms with E-state index >= 15 is 0 Å². The van der Waals surface area contributed by atoms with Crippen molar-refractivity contribution in [3.8, 4) is 0 Å². The molecule has 3 rings (SSSR count). The summed E-state index contributed by atoms with van der Waals surface area (Å²) < 4.78 is 6.10. The van der Waals surface area contributed by atoms with Crippen molar-refractivity contribution in [2.45, 2.75) is 71.1 Å². The largest absolute Gasteiger partial charge is 0.487 e.